The van der Waals surface area contributed by atoms with Gasteiger partial charge in [-0.25, -0.2) is 4.98 Å². The fourth-order valence-corrected chi connectivity index (χ4v) is 4.93. The quantitative estimate of drug-likeness (QED) is 0.269. The number of hydrogen-bond donors (Lipinski definition) is 1. The number of nitrogens with zero attached hydrogens (tertiary/aromatic N) is 5. The second-order valence-electron chi connectivity index (χ2n) is 8.42. The lowest BCUT2D eigenvalue weighted by Gasteiger charge is -2.10. The maximum Gasteiger partial charge on any atom is 0.257 e. The smallest absolute Gasteiger partial charge is 0.257 e. The summed E-state index contributed by atoms with van der Waals surface area (Å²) in [5.41, 5.74) is 5.24. The first-order chi connectivity index (χ1) is 17.2. The standard InChI is InChI=1S/C26H21Cl3N6O/c1-14-24(15(2)34(3)32-14)23-11-17(16-7-4-5-10-22(16)30-23)26(36)31-25-21(29)13-35(33-25)12-18-19(27)8-6-9-20(18)28/h4-11,13H,12H2,1-3H3,(H,31,33,36). The first kappa shape index (κ1) is 24.3. The number of carbonyl (C=O) groups excluding carboxylic acids is 1. The van der Waals surface area contributed by atoms with Crippen LogP contribution >= 0.6 is 34.8 Å². The number of amides is 1. The predicted octanol–water partition coefficient (Wildman–Crippen LogP) is 6.71. The number of hydrogen-bond acceptors (Lipinski definition) is 4. The van der Waals surface area contributed by atoms with Crippen LogP contribution in [0.1, 0.15) is 27.3 Å². The van der Waals surface area contributed by atoms with Crippen LogP contribution in [0.2, 0.25) is 15.1 Å². The van der Waals surface area contributed by atoms with Gasteiger partial charge in [-0.15, -0.1) is 0 Å². The third-order valence-corrected chi connectivity index (χ3v) is 7.04. The van der Waals surface area contributed by atoms with Crippen molar-refractivity contribution in [1.82, 2.24) is 24.5 Å². The predicted molar refractivity (Wildman–Crippen MR) is 144 cm³/mol. The van der Waals surface area contributed by atoms with E-state index in [4.69, 9.17) is 39.8 Å². The van der Waals surface area contributed by atoms with Crippen LogP contribution in [0.4, 0.5) is 5.82 Å². The Morgan fingerprint density at radius 3 is 2.39 bits per heavy atom. The molecule has 3 heterocycles. The maximum atomic E-state index is 13.5. The van der Waals surface area contributed by atoms with Crippen LogP contribution in [0, 0.1) is 13.8 Å². The Balaban J connectivity index is 1.51. The van der Waals surface area contributed by atoms with Crippen molar-refractivity contribution in [3.8, 4) is 11.3 Å². The molecule has 1 amide bonds. The van der Waals surface area contributed by atoms with Gasteiger partial charge >= 0.3 is 0 Å². The van der Waals surface area contributed by atoms with Crippen molar-refractivity contribution in [1.29, 1.82) is 0 Å². The maximum absolute atomic E-state index is 13.5. The van der Waals surface area contributed by atoms with E-state index < -0.39 is 0 Å². The van der Waals surface area contributed by atoms with Crippen molar-refractivity contribution in [2.75, 3.05) is 5.32 Å². The number of rotatable bonds is 5. The Morgan fingerprint density at radius 1 is 0.972 bits per heavy atom. The van der Waals surface area contributed by atoms with Crippen LogP contribution in [0.15, 0.2) is 54.7 Å². The molecular formula is C26H21Cl3N6O. The van der Waals surface area contributed by atoms with Gasteiger partial charge in [-0.1, -0.05) is 59.1 Å². The zero-order valence-electron chi connectivity index (χ0n) is 19.7. The highest BCUT2D eigenvalue weighted by atomic mass is 35.5. The minimum absolute atomic E-state index is 0.237. The van der Waals surface area contributed by atoms with E-state index in [1.165, 1.54) is 0 Å². The number of carbonyl (C=O) groups is 1. The molecule has 0 radical (unpaired) electrons. The van der Waals surface area contributed by atoms with Gasteiger partial charge in [-0.3, -0.25) is 14.2 Å². The molecular weight excluding hydrogens is 519 g/mol. The van der Waals surface area contributed by atoms with Gasteiger partial charge in [-0.2, -0.15) is 10.2 Å². The normalized spacial score (nSPS) is 11.3. The summed E-state index contributed by atoms with van der Waals surface area (Å²) in [6, 6.07) is 14.6. The molecule has 36 heavy (non-hydrogen) atoms. The van der Waals surface area contributed by atoms with E-state index in [2.05, 4.69) is 15.5 Å². The highest BCUT2D eigenvalue weighted by molar-refractivity contribution is 6.36. The van der Waals surface area contributed by atoms with Gasteiger partial charge in [0.05, 0.1) is 29.0 Å². The monoisotopic (exact) mass is 538 g/mol. The van der Waals surface area contributed by atoms with Crippen molar-refractivity contribution < 1.29 is 4.79 Å². The Morgan fingerprint density at radius 2 is 1.69 bits per heavy atom. The summed E-state index contributed by atoms with van der Waals surface area (Å²) >= 11 is 19.0. The molecule has 5 rings (SSSR count). The lowest BCUT2D eigenvalue weighted by atomic mass is 10.0. The molecule has 7 nitrogen and oxygen atoms in total. The number of aryl methyl sites for hydroxylation is 2. The summed E-state index contributed by atoms with van der Waals surface area (Å²) in [5, 5.41) is 13.9. The van der Waals surface area contributed by atoms with Gasteiger partial charge in [-0.05, 0) is 38.1 Å². The van der Waals surface area contributed by atoms with Crippen molar-refractivity contribution in [3.63, 3.8) is 0 Å². The van der Waals surface area contributed by atoms with E-state index >= 15 is 0 Å². The highest BCUT2D eigenvalue weighted by Gasteiger charge is 2.20. The SMILES string of the molecule is Cc1nn(C)c(C)c1-c1cc(C(=O)Nc2nn(Cc3c(Cl)cccc3Cl)cc2Cl)c2ccccc2n1. The lowest BCUT2D eigenvalue weighted by Crippen LogP contribution is -2.14. The van der Waals surface area contributed by atoms with Gasteiger partial charge < -0.3 is 5.32 Å². The van der Waals surface area contributed by atoms with Crippen molar-refractivity contribution in [2.45, 2.75) is 20.4 Å². The van der Waals surface area contributed by atoms with E-state index in [0.29, 0.717) is 44.0 Å². The van der Waals surface area contributed by atoms with Crippen LogP contribution in [-0.2, 0) is 13.6 Å². The molecule has 0 saturated carbocycles. The summed E-state index contributed by atoms with van der Waals surface area (Å²) in [6.07, 6.45) is 1.62. The van der Waals surface area contributed by atoms with E-state index in [1.807, 2.05) is 45.2 Å². The minimum Gasteiger partial charge on any atom is -0.304 e. The fourth-order valence-electron chi connectivity index (χ4n) is 4.22. The highest BCUT2D eigenvalue weighted by Crippen LogP contribution is 2.31. The summed E-state index contributed by atoms with van der Waals surface area (Å²) in [7, 11) is 1.88. The molecule has 0 saturated heterocycles. The van der Waals surface area contributed by atoms with Gasteiger partial charge in [0, 0.05) is 45.5 Å². The molecule has 0 aliphatic carbocycles. The Bertz CT molecular complexity index is 1620. The lowest BCUT2D eigenvalue weighted by molar-refractivity contribution is 0.102. The molecule has 3 aromatic heterocycles. The molecule has 0 unspecified atom stereocenters. The van der Waals surface area contributed by atoms with Crippen LogP contribution in [0.5, 0.6) is 0 Å². The van der Waals surface area contributed by atoms with E-state index in [1.54, 1.807) is 39.8 Å². The van der Waals surface area contributed by atoms with Crippen molar-refractivity contribution in [3.05, 3.63) is 92.3 Å². The molecule has 0 atom stereocenters. The van der Waals surface area contributed by atoms with Crippen LogP contribution in [0.3, 0.4) is 0 Å². The first-order valence-corrected chi connectivity index (χ1v) is 12.2. The van der Waals surface area contributed by atoms with E-state index in [0.717, 1.165) is 22.3 Å². The Hall–Kier alpha value is -3.39. The van der Waals surface area contributed by atoms with Crippen molar-refractivity contribution in [2.24, 2.45) is 7.05 Å². The Kier molecular flexibility index (Phi) is 6.47. The molecule has 0 bridgehead atoms. The van der Waals surface area contributed by atoms with Crippen LogP contribution in [0.25, 0.3) is 22.2 Å². The van der Waals surface area contributed by atoms with E-state index in [-0.39, 0.29) is 11.7 Å². The zero-order valence-corrected chi connectivity index (χ0v) is 21.9. The number of para-hydroxylation sites is 1. The first-order valence-electron chi connectivity index (χ1n) is 11.1. The van der Waals surface area contributed by atoms with Gasteiger partial charge in [0.1, 0.15) is 5.02 Å². The molecule has 5 aromatic rings. The molecule has 2 aromatic carbocycles. The zero-order chi connectivity index (χ0) is 25.6. The van der Waals surface area contributed by atoms with Crippen LogP contribution in [-0.4, -0.2) is 30.5 Å². The molecule has 0 spiro atoms. The molecule has 182 valence electrons. The van der Waals surface area contributed by atoms with Crippen molar-refractivity contribution >= 4 is 57.4 Å². The molecule has 0 aliphatic heterocycles. The molecule has 0 aliphatic rings. The summed E-state index contributed by atoms with van der Waals surface area (Å²) in [6.45, 7) is 4.20. The molecule has 1 N–H and O–H groups in total. The van der Waals surface area contributed by atoms with E-state index in [9.17, 15) is 4.79 Å². The van der Waals surface area contributed by atoms with Gasteiger partial charge in [0.15, 0.2) is 5.82 Å². The number of pyridine rings is 1. The number of fused-ring (bicyclic) bond motifs is 1. The number of anilines is 1. The third kappa shape index (κ3) is 4.46. The Labute approximate surface area is 222 Å². The number of benzene rings is 2. The number of nitrogens with one attached hydrogen (secondary N) is 1. The average molecular weight is 540 g/mol. The number of halogens is 3. The minimum atomic E-state index is -0.350. The summed E-state index contributed by atoms with van der Waals surface area (Å²) in [4.78, 5) is 18.3. The second-order valence-corrected chi connectivity index (χ2v) is 9.64. The number of aromatic nitrogens is 5. The topological polar surface area (TPSA) is 77.6 Å². The summed E-state index contributed by atoms with van der Waals surface area (Å²) < 4.78 is 3.39. The summed E-state index contributed by atoms with van der Waals surface area (Å²) in [5.74, 6) is -0.113. The van der Waals surface area contributed by atoms with Gasteiger partial charge in [0.25, 0.3) is 5.91 Å². The third-order valence-electron chi connectivity index (χ3n) is 6.06. The second kappa shape index (κ2) is 9.58. The fraction of sp³-hybridized carbons (Fsp3) is 0.154. The van der Waals surface area contributed by atoms with Crippen LogP contribution < -0.4 is 5.32 Å². The average Bonchev–Trinajstić information content (AvgIpc) is 3.32. The molecule has 10 heteroatoms. The van der Waals surface area contributed by atoms with Gasteiger partial charge in [0.2, 0.25) is 0 Å². The molecule has 0 fully saturated rings. The largest absolute Gasteiger partial charge is 0.304 e.